The third-order valence-corrected chi connectivity index (χ3v) is 4.17. The van der Waals surface area contributed by atoms with Gasteiger partial charge in [0.15, 0.2) is 0 Å². The van der Waals surface area contributed by atoms with E-state index in [1.165, 1.54) is 0 Å². The van der Waals surface area contributed by atoms with Gasteiger partial charge in [0, 0.05) is 19.0 Å². The van der Waals surface area contributed by atoms with E-state index in [1.54, 1.807) is 11.2 Å². The lowest BCUT2D eigenvalue weighted by molar-refractivity contribution is -0.155. The second-order valence-electron chi connectivity index (χ2n) is 6.23. The van der Waals surface area contributed by atoms with E-state index >= 15 is 0 Å². The van der Waals surface area contributed by atoms with Gasteiger partial charge in [-0.25, -0.2) is 0 Å². The van der Waals surface area contributed by atoms with Gasteiger partial charge in [-0.15, -0.1) is 0 Å². The summed E-state index contributed by atoms with van der Waals surface area (Å²) in [5, 5.41) is 2.95. The molecule has 25 heavy (non-hydrogen) atoms. The number of benzene rings is 1. The average Bonchev–Trinajstić information content (AvgIpc) is 3.10. The molecule has 0 saturated carbocycles. The molecule has 0 bridgehead atoms. The van der Waals surface area contributed by atoms with Crippen molar-refractivity contribution in [3.63, 3.8) is 0 Å². The van der Waals surface area contributed by atoms with Crippen molar-refractivity contribution in [2.45, 2.75) is 32.0 Å². The van der Waals surface area contributed by atoms with Crippen LogP contribution in [0.25, 0.3) is 0 Å². The Hall–Kier alpha value is -2.60. The van der Waals surface area contributed by atoms with E-state index in [2.05, 4.69) is 5.32 Å². The zero-order valence-corrected chi connectivity index (χ0v) is 14.2. The SMILES string of the molecule is C[C@H](Cc1ccco1)NC(=O)[C@H]1COCC(=O)N1Cc1ccccc1. The topological polar surface area (TPSA) is 71.8 Å². The van der Waals surface area contributed by atoms with Gasteiger partial charge in [-0.1, -0.05) is 30.3 Å². The first kappa shape index (κ1) is 17.2. The predicted molar refractivity (Wildman–Crippen MR) is 91.6 cm³/mol. The van der Waals surface area contributed by atoms with Crippen molar-refractivity contribution in [2.24, 2.45) is 0 Å². The molecule has 2 amide bonds. The van der Waals surface area contributed by atoms with Gasteiger partial charge in [0.05, 0.1) is 12.9 Å². The zero-order valence-electron chi connectivity index (χ0n) is 14.2. The normalized spacial score (nSPS) is 18.8. The van der Waals surface area contributed by atoms with Crippen LogP contribution in [-0.4, -0.2) is 42.0 Å². The van der Waals surface area contributed by atoms with E-state index in [0.29, 0.717) is 13.0 Å². The van der Waals surface area contributed by atoms with Gasteiger partial charge in [0.25, 0.3) is 0 Å². The number of amides is 2. The highest BCUT2D eigenvalue weighted by Gasteiger charge is 2.34. The fourth-order valence-electron chi connectivity index (χ4n) is 2.92. The molecule has 132 valence electrons. The molecule has 0 radical (unpaired) electrons. The molecule has 6 heteroatoms. The maximum atomic E-state index is 12.7. The standard InChI is InChI=1S/C19H22N2O4/c1-14(10-16-8-5-9-25-16)20-19(23)17-12-24-13-18(22)21(17)11-15-6-3-2-4-7-15/h2-9,14,17H,10-13H2,1H3,(H,20,23)/t14-,17-/m1/s1. The van der Waals surface area contributed by atoms with E-state index < -0.39 is 6.04 Å². The molecule has 1 aliphatic rings. The highest BCUT2D eigenvalue weighted by atomic mass is 16.5. The molecule has 2 heterocycles. The van der Waals surface area contributed by atoms with Gasteiger partial charge in [0.2, 0.25) is 11.8 Å². The Balaban J connectivity index is 1.64. The van der Waals surface area contributed by atoms with Gasteiger partial charge in [-0.2, -0.15) is 0 Å². The number of carbonyl (C=O) groups is 2. The van der Waals surface area contributed by atoms with Gasteiger partial charge in [0.1, 0.15) is 18.4 Å². The number of rotatable bonds is 6. The first-order valence-electron chi connectivity index (χ1n) is 8.37. The maximum absolute atomic E-state index is 12.7. The molecule has 1 aromatic heterocycles. The Morgan fingerprint density at radius 3 is 2.80 bits per heavy atom. The molecular formula is C19H22N2O4. The lowest BCUT2D eigenvalue weighted by Gasteiger charge is -2.35. The van der Waals surface area contributed by atoms with Crippen molar-refractivity contribution in [3.05, 3.63) is 60.1 Å². The van der Waals surface area contributed by atoms with Crippen LogP contribution < -0.4 is 5.32 Å². The molecule has 6 nitrogen and oxygen atoms in total. The van der Waals surface area contributed by atoms with Crippen molar-refractivity contribution in [1.82, 2.24) is 10.2 Å². The summed E-state index contributed by atoms with van der Waals surface area (Å²) >= 11 is 0. The Kier molecular flexibility index (Phi) is 5.50. The minimum Gasteiger partial charge on any atom is -0.469 e. The van der Waals surface area contributed by atoms with Crippen LogP contribution in [0.2, 0.25) is 0 Å². The number of ether oxygens (including phenoxy) is 1. The van der Waals surface area contributed by atoms with Crippen molar-refractivity contribution in [2.75, 3.05) is 13.2 Å². The molecule has 0 aliphatic carbocycles. The number of carbonyl (C=O) groups excluding carboxylic acids is 2. The summed E-state index contributed by atoms with van der Waals surface area (Å²) in [5.41, 5.74) is 0.985. The summed E-state index contributed by atoms with van der Waals surface area (Å²) in [5.74, 6) is 0.432. The van der Waals surface area contributed by atoms with E-state index in [0.717, 1.165) is 11.3 Å². The van der Waals surface area contributed by atoms with E-state index in [4.69, 9.17) is 9.15 Å². The lowest BCUT2D eigenvalue weighted by Crippen LogP contribution is -2.57. The van der Waals surface area contributed by atoms with E-state index in [9.17, 15) is 9.59 Å². The van der Waals surface area contributed by atoms with E-state index in [1.807, 2.05) is 49.4 Å². The molecule has 1 aromatic carbocycles. The summed E-state index contributed by atoms with van der Waals surface area (Å²) in [4.78, 5) is 26.5. The predicted octanol–water partition coefficient (Wildman–Crippen LogP) is 1.75. The van der Waals surface area contributed by atoms with Crippen molar-refractivity contribution >= 4 is 11.8 Å². The zero-order chi connectivity index (χ0) is 17.6. The Morgan fingerprint density at radius 2 is 2.08 bits per heavy atom. The van der Waals surface area contributed by atoms with Crippen molar-refractivity contribution in [3.8, 4) is 0 Å². The quantitative estimate of drug-likeness (QED) is 0.868. The molecule has 3 rings (SSSR count). The minimum absolute atomic E-state index is 0.0125. The van der Waals surface area contributed by atoms with Gasteiger partial charge in [-0.05, 0) is 24.6 Å². The number of hydrogen-bond acceptors (Lipinski definition) is 4. The van der Waals surface area contributed by atoms with Gasteiger partial charge >= 0.3 is 0 Å². The largest absolute Gasteiger partial charge is 0.469 e. The first-order chi connectivity index (χ1) is 12.1. The van der Waals surface area contributed by atoms with Crippen LogP contribution in [0.3, 0.4) is 0 Å². The summed E-state index contributed by atoms with van der Waals surface area (Å²) in [7, 11) is 0. The highest BCUT2D eigenvalue weighted by Crippen LogP contribution is 2.14. The first-order valence-corrected chi connectivity index (χ1v) is 8.37. The van der Waals surface area contributed by atoms with Crippen molar-refractivity contribution in [1.29, 1.82) is 0 Å². The third-order valence-electron chi connectivity index (χ3n) is 4.17. The molecular weight excluding hydrogens is 320 g/mol. The van der Waals surface area contributed by atoms with Gasteiger partial charge < -0.3 is 19.4 Å². The van der Waals surface area contributed by atoms with Crippen LogP contribution in [0.1, 0.15) is 18.2 Å². The van der Waals surface area contributed by atoms with Crippen LogP contribution in [0.15, 0.2) is 53.1 Å². The number of morpholine rings is 1. The Labute approximate surface area is 146 Å². The third kappa shape index (κ3) is 4.48. The average molecular weight is 342 g/mol. The molecule has 1 aliphatic heterocycles. The van der Waals surface area contributed by atoms with Crippen LogP contribution in [0.5, 0.6) is 0 Å². The number of furan rings is 1. The fourth-order valence-corrected chi connectivity index (χ4v) is 2.92. The minimum atomic E-state index is -0.625. The number of nitrogens with zero attached hydrogens (tertiary/aromatic N) is 1. The maximum Gasteiger partial charge on any atom is 0.249 e. The van der Waals surface area contributed by atoms with Crippen molar-refractivity contribution < 1.29 is 18.7 Å². The smallest absolute Gasteiger partial charge is 0.249 e. The summed E-state index contributed by atoms with van der Waals surface area (Å²) in [6, 6.07) is 12.6. The van der Waals surface area contributed by atoms with Crippen LogP contribution in [0, 0.1) is 0 Å². The molecule has 2 aromatic rings. The fraction of sp³-hybridized carbons (Fsp3) is 0.368. The molecule has 0 unspecified atom stereocenters. The number of hydrogen-bond donors (Lipinski definition) is 1. The summed E-state index contributed by atoms with van der Waals surface area (Å²) in [6.45, 7) is 2.53. The summed E-state index contributed by atoms with van der Waals surface area (Å²) < 4.78 is 10.6. The lowest BCUT2D eigenvalue weighted by atomic mass is 10.1. The van der Waals surface area contributed by atoms with Crippen LogP contribution >= 0.6 is 0 Å². The molecule has 2 atom stereocenters. The highest BCUT2D eigenvalue weighted by molar-refractivity contribution is 5.89. The van der Waals surface area contributed by atoms with Crippen LogP contribution in [0.4, 0.5) is 0 Å². The summed E-state index contributed by atoms with van der Waals surface area (Å²) in [6.07, 6.45) is 2.21. The molecule has 1 saturated heterocycles. The molecule has 1 N–H and O–H groups in total. The second-order valence-corrected chi connectivity index (χ2v) is 6.23. The number of nitrogens with one attached hydrogen (secondary N) is 1. The second kappa shape index (κ2) is 7.98. The van der Waals surface area contributed by atoms with Crippen LogP contribution in [-0.2, 0) is 27.3 Å². The monoisotopic (exact) mass is 342 g/mol. The molecule has 1 fully saturated rings. The Morgan fingerprint density at radius 1 is 1.28 bits per heavy atom. The molecule has 0 spiro atoms. The van der Waals surface area contributed by atoms with Gasteiger partial charge in [-0.3, -0.25) is 9.59 Å². The Bertz CT molecular complexity index is 699. The van der Waals surface area contributed by atoms with E-state index in [-0.39, 0.29) is 31.1 Å².